The molecule has 1 heterocycles. The van der Waals surface area contributed by atoms with E-state index in [0.29, 0.717) is 5.92 Å². The monoisotopic (exact) mass is 323 g/mol. The van der Waals surface area contributed by atoms with E-state index in [0.717, 1.165) is 37.8 Å². The molecule has 1 atom stereocenters. The van der Waals surface area contributed by atoms with E-state index in [1.165, 1.54) is 0 Å². The van der Waals surface area contributed by atoms with Crippen LogP contribution < -0.4 is 5.32 Å². The van der Waals surface area contributed by atoms with Crippen LogP contribution in [0.25, 0.3) is 0 Å². The zero-order chi connectivity index (χ0) is 17.2. The predicted molar refractivity (Wildman–Crippen MR) is 89.2 cm³/mol. The van der Waals surface area contributed by atoms with Crippen molar-refractivity contribution in [2.75, 3.05) is 6.61 Å². The summed E-state index contributed by atoms with van der Waals surface area (Å²) in [5, 5.41) is 9.53. The second-order valence-corrected chi connectivity index (χ2v) is 6.40. The summed E-state index contributed by atoms with van der Waals surface area (Å²) in [5.74, 6) is -0.184. The Kier molecular flexibility index (Phi) is 8.37. The maximum Gasteiger partial charge on any atom is 0.359 e. The van der Waals surface area contributed by atoms with E-state index in [1.807, 2.05) is 13.8 Å². The number of hydrogen-bond donors (Lipinski definition) is 2. The molecular weight excluding hydrogens is 294 g/mol. The highest BCUT2D eigenvalue weighted by Crippen LogP contribution is 2.08. The van der Waals surface area contributed by atoms with Crippen molar-refractivity contribution < 1.29 is 14.3 Å². The smallest absolute Gasteiger partial charge is 0.359 e. The van der Waals surface area contributed by atoms with Crippen LogP contribution in [0.2, 0.25) is 0 Å². The van der Waals surface area contributed by atoms with Gasteiger partial charge in [0.1, 0.15) is 0 Å². The summed E-state index contributed by atoms with van der Waals surface area (Å²) >= 11 is 0. The number of nitrogens with one attached hydrogen (secondary N) is 2. The normalized spacial score (nSPS) is 12.2. The van der Waals surface area contributed by atoms with Gasteiger partial charge in [-0.1, -0.05) is 40.0 Å². The number of rotatable bonds is 10. The van der Waals surface area contributed by atoms with Gasteiger partial charge in [-0.3, -0.25) is 9.89 Å². The van der Waals surface area contributed by atoms with E-state index in [-0.39, 0.29) is 24.2 Å². The Bertz CT molecular complexity index is 497. The lowest BCUT2D eigenvalue weighted by Crippen LogP contribution is -2.35. The molecule has 23 heavy (non-hydrogen) atoms. The van der Waals surface area contributed by atoms with Crippen LogP contribution in [0.4, 0.5) is 0 Å². The van der Waals surface area contributed by atoms with Crippen LogP contribution in [-0.2, 0) is 16.0 Å². The Morgan fingerprint density at radius 3 is 2.70 bits per heavy atom. The van der Waals surface area contributed by atoms with E-state index in [4.69, 9.17) is 4.74 Å². The summed E-state index contributed by atoms with van der Waals surface area (Å²) in [7, 11) is 0. The Balaban J connectivity index is 2.27. The first kappa shape index (κ1) is 19.2. The quantitative estimate of drug-likeness (QED) is 0.648. The van der Waals surface area contributed by atoms with Crippen molar-refractivity contribution in [1.29, 1.82) is 0 Å². The maximum atomic E-state index is 11.8. The van der Waals surface area contributed by atoms with Crippen LogP contribution in [0.3, 0.4) is 0 Å². The molecule has 1 amide bonds. The number of aryl methyl sites for hydroxylation is 1. The first-order valence-corrected chi connectivity index (χ1v) is 8.43. The summed E-state index contributed by atoms with van der Waals surface area (Å²) in [6, 6.07) is 1.75. The van der Waals surface area contributed by atoms with Gasteiger partial charge in [0, 0.05) is 11.7 Å². The van der Waals surface area contributed by atoms with Gasteiger partial charge in [0.05, 0.1) is 0 Å². The van der Waals surface area contributed by atoms with Gasteiger partial charge in [0.25, 0.3) is 5.91 Å². The van der Waals surface area contributed by atoms with Crippen molar-refractivity contribution in [3.05, 3.63) is 17.5 Å². The number of aromatic nitrogens is 2. The second-order valence-electron chi connectivity index (χ2n) is 6.40. The van der Waals surface area contributed by atoms with Gasteiger partial charge >= 0.3 is 5.97 Å². The molecule has 1 rings (SSSR count). The highest BCUT2D eigenvalue weighted by atomic mass is 16.5. The molecule has 0 bridgehead atoms. The van der Waals surface area contributed by atoms with E-state index in [9.17, 15) is 9.59 Å². The highest BCUT2D eigenvalue weighted by Gasteiger charge is 2.15. The molecule has 0 aliphatic rings. The van der Waals surface area contributed by atoms with Gasteiger partial charge in [0.15, 0.2) is 12.3 Å². The van der Waals surface area contributed by atoms with Gasteiger partial charge in [-0.15, -0.1) is 0 Å². The Hall–Kier alpha value is -1.85. The van der Waals surface area contributed by atoms with Crippen LogP contribution in [0.1, 0.15) is 69.6 Å². The molecule has 0 aromatic carbocycles. The minimum atomic E-state index is -0.578. The van der Waals surface area contributed by atoms with Gasteiger partial charge < -0.3 is 10.1 Å². The molecule has 0 saturated heterocycles. The number of hydrogen-bond acceptors (Lipinski definition) is 4. The fourth-order valence-electron chi connectivity index (χ4n) is 2.29. The summed E-state index contributed by atoms with van der Waals surface area (Å²) in [5.41, 5.74) is 1.11. The first-order chi connectivity index (χ1) is 10.9. The molecule has 1 unspecified atom stereocenters. The van der Waals surface area contributed by atoms with Gasteiger partial charge in [-0.2, -0.15) is 5.10 Å². The largest absolute Gasteiger partial charge is 0.451 e. The van der Waals surface area contributed by atoms with Crippen LogP contribution >= 0.6 is 0 Å². The number of esters is 1. The summed E-state index contributed by atoms with van der Waals surface area (Å²) < 4.78 is 4.99. The first-order valence-electron chi connectivity index (χ1n) is 8.43. The van der Waals surface area contributed by atoms with E-state index in [1.54, 1.807) is 6.07 Å². The van der Waals surface area contributed by atoms with E-state index >= 15 is 0 Å². The Morgan fingerprint density at radius 2 is 2.04 bits per heavy atom. The molecule has 1 aromatic rings. The summed E-state index contributed by atoms with van der Waals surface area (Å²) in [6.07, 6.45) is 4.95. The van der Waals surface area contributed by atoms with Crippen molar-refractivity contribution in [3.8, 4) is 0 Å². The molecule has 130 valence electrons. The maximum absolute atomic E-state index is 11.8. The number of nitrogens with zero attached hydrogens (tertiary/aromatic N) is 1. The zero-order valence-corrected chi connectivity index (χ0v) is 14.6. The molecule has 6 heteroatoms. The van der Waals surface area contributed by atoms with Gasteiger partial charge in [-0.05, 0) is 31.7 Å². The average Bonchev–Trinajstić information content (AvgIpc) is 2.93. The Morgan fingerprint density at radius 1 is 1.30 bits per heavy atom. The standard InChI is InChI=1S/C17H29N3O3/c1-5-7-14-10-15(20-19-14)17(22)23-11-16(21)18-13(4)9-6-8-12(2)3/h10,12-13H,5-9,11H2,1-4H3,(H,18,21)(H,19,20). The van der Waals surface area contributed by atoms with Crippen molar-refractivity contribution in [1.82, 2.24) is 15.5 Å². The number of H-pyrrole nitrogens is 1. The van der Waals surface area contributed by atoms with Gasteiger partial charge in [0.2, 0.25) is 0 Å². The molecule has 6 nitrogen and oxygen atoms in total. The van der Waals surface area contributed by atoms with Crippen LogP contribution in [0.5, 0.6) is 0 Å². The summed E-state index contributed by atoms with van der Waals surface area (Å²) in [4.78, 5) is 23.6. The predicted octanol–water partition coefficient (Wildman–Crippen LogP) is 2.85. The lowest BCUT2D eigenvalue weighted by molar-refractivity contribution is -0.124. The SMILES string of the molecule is CCCc1cc(C(=O)OCC(=O)NC(C)CCCC(C)C)n[nH]1. The number of carbonyl (C=O) groups is 2. The van der Waals surface area contributed by atoms with E-state index in [2.05, 4.69) is 29.4 Å². The average molecular weight is 323 g/mol. The zero-order valence-electron chi connectivity index (χ0n) is 14.6. The van der Waals surface area contributed by atoms with Crippen LogP contribution in [0, 0.1) is 5.92 Å². The molecule has 0 aliphatic carbocycles. The number of ether oxygens (including phenoxy) is 1. The summed E-state index contributed by atoms with van der Waals surface area (Å²) in [6.45, 7) is 8.10. The third-order valence-electron chi connectivity index (χ3n) is 3.52. The highest BCUT2D eigenvalue weighted by molar-refractivity contribution is 5.89. The lowest BCUT2D eigenvalue weighted by atomic mass is 10.0. The topological polar surface area (TPSA) is 84.1 Å². The molecule has 0 radical (unpaired) electrons. The fraction of sp³-hybridized carbons (Fsp3) is 0.706. The van der Waals surface area contributed by atoms with Crippen molar-refractivity contribution in [2.24, 2.45) is 5.92 Å². The minimum absolute atomic E-state index is 0.0847. The van der Waals surface area contributed by atoms with Gasteiger partial charge in [-0.25, -0.2) is 4.79 Å². The Labute approximate surface area is 138 Å². The van der Waals surface area contributed by atoms with Crippen molar-refractivity contribution >= 4 is 11.9 Å². The lowest BCUT2D eigenvalue weighted by Gasteiger charge is -2.14. The van der Waals surface area contributed by atoms with Crippen LogP contribution in [-0.4, -0.2) is 34.7 Å². The molecule has 0 saturated carbocycles. The molecule has 0 aliphatic heterocycles. The molecule has 0 spiro atoms. The van der Waals surface area contributed by atoms with Crippen molar-refractivity contribution in [2.45, 2.75) is 65.8 Å². The van der Waals surface area contributed by atoms with Crippen LogP contribution in [0.15, 0.2) is 6.07 Å². The molecule has 1 aromatic heterocycles. The molecule has 0 fully saturated rings. The van der Waals surface area contributed by atoms with Crippen molar-refractivity contribution in [3.63, 3.8) is 0 Å². The number of aromatic amines is 1. The second kappa shape index (κ2) is 10.0. The number of carbonyl (C=O) groups excluding carboxylic acids is 2. The number of amides is 1. The third kappa shape index (κ3) is 7.81. The molecule has 2 N–H and O–H groups in total. The molecular formula is C17H29N3O3. The fourth-order valence-corrected chi connectivity index (χ4v) is 2.29. The minimum Gasteiger partial charge on any atom is -0.451 e. The van der Waals surface area contributed by atoms with E-state index < -0.39 is 5.97 Å². The third-order valence-corrected chi connectivity index (χ3v) is 3.52.